The number of amides is 1. The summed E-state index contributed by atoms with van der Waals surface area (Å²) < 4.78 is 36.9. The number of ether oxygens (including phenoxy) is 1. The molecule has 8 nitrogen and oxygen atoms in total. The van der Waals surface area contributed by atoms with Crippen molar-refractivity contribution in [3.8, 4) is 16.9 Å². The predicted molar refractivity (Wildman–Crippen MR) is 154 cm³/mol. The highest BCUT2D eigenvalue weighted by Crippen LogP contribution is 2.45. The highest BCUT2D eigenvalue weighted by atomic mass is 35.5. The quantitative estimate of drug-likeness (QED) is 0.425. The number of carbonyl (C=O) groups is 1. The van der Waals surface area contributed by atoms with E-state index in [1.165, 1.54) is 24.3 Å². The summed E-state index contributed by atoms with van der Waals surface area (Å²) in [4.78, 5) is 27.9. The molecule has 3 aliphatic rings. The fourth-order valence-corrected chi connectivity index (χ4v) is 6.68. The molecule has 0 radical (unpaired) electrons. The number of aromatic nitrogens is 2. The molecule has 216 valence electrons. The molecule has 4 heterocycles. The lowest BCUT2D eigenvalue weighted by molar-refractivity contribution is -0.128. The van der Waals surface area contributed by atoms with E-state index in [1.807, 2.05) is 23.6 Å². The van der Waals surface area contributed by atoms with Crippen molar-refractivity contribution in [3.63, 3.8) is 0 Å². The van der Waals surface area contributed by atoms with Gasteiger partial charge in [0.15, 0.2) is 5.82 Å². The third-order valence-electron chi connectivity index (χ3n) is 8.70. The van der Waals surface area contributed by atoms with E-state index in [9.17, 15) is 14.3 Å². The van der Waals surface area contributed by atoms with Crippen LogP contribution in [0.2, 0.25) is 5.02 Å². The molecule has 41 heavy (non-hydrogen) atoms. The van der Waals surface area contributed by atoms with Crippen molar-refractivity contribution in [3.05, 3.63) is 53.6 Å². The van der Waals surface area contributed by atoms with Crippen LogP contribution in [0, 0.1) is 17.0 Å². The molecule has 3 aliphatic heterocycles. The first kappa shape index (κ1) is 27.7. The van der Waals surface area contributed by atoms with Crippen molar-refractivity contribution in [1.29, 1.82) is 0 Å². The molecule has 2 atom stereocenters. The lowest BCUT2D eigenvalue weighted by Crippen LogP contribution is -2.59. The number of aromatic hydroxyl groups is 1. The van der Waals surface area contributed by atoms with E-state index in [2.05, 4.69) is 11.6 Å². The van der Waals surface area contributed by atoms with Gasteiger partial charge in [-0.3, -0.25) is 4.79 Å². The Hall–Kier alpha value is -3.50. The van der Waals surface area contributed by atoms with Gasteiger partial charge in [-0.2, -0.15) is 4.98 Å². The molecule has 3 saturated heterocycles. The van der Waals surface area contributed by atoms with E-state index < -0.39 is 17.4 Å². The number of phenols is 1. The molecule has 1 aromatic heterocycles. The van der Waals surface area contributed by atoms with Gasteiger partial charge in [0.25, 0.3) is 0 Å². The molecule has 3 aromatic rings. The Labute approximate surface area is 242 Å². The largest absolute Gasteiger partial charge is 0.507 e. The van der Waals surface area contributed by atoms with Gasteiger partial charge in [-0.1, -0.05) is 24.2 Å². The molecule has 2 aromatic carbocycles. The smallest absolute Gasteiger partial charge is 0.246 e. The summed E-state index contributed by atoms with van der Waals surface area (Å²) in [5.74, 6) is -1.33. The van der Waals surface area contributed by atoms with Crippen molar-refractivity contribution < 1.29 is 23.4 Å². The second-order valence-corrected chi connectivity index (χ2v) is 11.8. The van der Waals surface area contributed by atoms with Crippen LogP contribution in [0.5, 0.6) is 5.75 Å². The molecule has 6 rings (SSSR count). The van der Waals surface area contributed by atoms with Crippen molar-refractivity contribution >= 4 is 40.2 Å². The number of benzene rings is 2. The maximum absolute atomic E-state index is 16.5. The Morgan fingerprint density at radius 2 is 1.88 bits per heavy atom. The summed E-state index contributed by atoms with van der Waals surface area (Å²) in [5, 5.41) is 10.7. The summed E-state index contributed by atoms with van der Waals surface area (Å²) in [7, 11) is 0. The molecule has 1 amide bonds. The standard InChI is InChI=1S/C30H32ClF2N5O3/c1-4-23(40)37-13-18(3)38(14-17(37)2)28-19-12-20(31)24(25-21(32)6-5-7-22(25)39)26(33)27(19)34-29(35-28)36-15-30(16-36)8-10-41-11-9-30/h4-7,12,17-18,39H,1,8-11,13-16H2,2-3H3/t17-,18+/m1/s1. The van der Waals surface area contributed by atoms with Crippen LogP contribution in [0.25, 0.3) is 22.0 Å². The summed E-state index contributed by atoms with van der Waals surface area (Å²) in [6, 6.07) is 5.00. The van der Waals surface area contributed by atoms with E-state index in [0.717, 1.165) is 32.0 Å². The molecular formula is C30H32ClF2N5O3. The second kappa shape index (κ2) is 10.4. The SMILES string of the molecule is C=CC(=O)N1C[C@H](C)N(c2nc(N3CC4(CCOCC4)C3)nc3c(F)c(-c4c(O)cccc4F)c(Cl)cc23)C[C@H]1C. The van der Waals surface area contributed by atoms with Gasteiger partial charge in [0, 0.05) is 67.8 Å². The zero-order valence-corrected chi connectivity index (χ0v) is 23.8. The first-order valence-electron chi connectivity index (χ1n) is 13.8. The number of hydrogen-bond donors (Lipinski definition) is 1. The normalized spacial score (nSPS) is 22.2. The second-order valence-electron chi connectivity index (χ2n) is 11.4. The molecule has 0 unspecified atom stereocenters. The van der Waals surface area contributed by atoms with E-state index in [1.54, 1.807) is 4.90 Å². The van der Waals surface area contributed by atoms with Crippen molar-refractivity contribution in [2.75, 3.05) is 49.2 Å². The Morgan fingerprint density at radius 3 is 2.56 bits per heavy atom. The minimum Gasteiger partial charge on any atom is -0.507 e. The van der Waals surface area contributed by atoms with Crippen LogP contribution in [-0.4, -0.2) is 77.4 Å². The number of piperazine rings is 1. The minimum absolute atomic E-state index is 0.00979. The maximum Gasteiger partial charge on any atom is 0.246 e. The van der Waals surface area contributed by atoms with Crippen LogP contribution < -0.4 is 9.80 Å². The minimum atomic E-state index is -0.833. The fourth-order valence-electron chi connectivity index (χ4n) is 6.39. The lowest BCUT2D eigenvalue weighted by Gasteiger charge is -2.52. The summed E-state index contributed by atoms with van der Waals surface area (Å²) in [6.07, 6.45) is 3.19. The van der Waals surface area contributed by atoms with Crippen LogP contribution in [0.1, 0.15) is 26.7 Å². The highest BCUT2D eigenvalue weighted by molar-refractivity contribution is 6.34. The van der Waals surface area contributed by atoms with Crippen LogP contribution in [0.3, 0.4) is 0 Å². The maximum atomic E-state index is 16.5. The monoisotopic (exact) mass is 583 g/mol. The molecular weight excluding hydrogens is 552 g/mol. The zero-order chi connectivity index (χ0) is 29.1. The van der Waals surface area contributed by atoms with Crippen LogP contribution in [0.4, 0.5) is 20.5 Å². The van der Waals surface area contributed by atoms with Gasteiger partial charge in [0.2, 0.25) is 11.9 Å². The average molecular weight is 584 g/mol. The number of halogens is 3. The number of nitrogens with zero attached hydrogens (tertiary/aromatic N) is 5. The molecule has 11 heteroatoms. The number of carbonyl (C=O) groups excluding carboxylic acids is 1. The zero-order valence-electron chi connectivity index (χ0n) is 23.0. The van der Waals surface area contributed by atoms with Gasteiger partial charge in [-0.25, -0.2) is 13.8 Å². The fraction of sp³-hybridized carbons (Fsp3) is 0.433. The van der Waals surface area contributed by atoms with Gasteiger partial charge in [-0.05, 0) is 51.0 Å². The van der Waals surface area contributed by atoms with Crippen LogP contribution in [-0.2, 0) is 9.53 Å². The van der Waals surface area contributed by atoms with E-state index in [-0.39, 0.29) is 45.1 Å². The van der Waals surface area contributed by atoms with Crippen molar-refractivity contribution in [2.45, 2.75) is 38.8 Å². The van der Waals surface area contributed by atoms with Gasteiger partial charge in [0.1, 0.15) is 22.9 Å². The molecule has 1 N–H and O–H groups in total. The average Bonchev–Trinajstić information content (AvgIpc) is 2.94. The summed E-state index contributed by atoms with van der Waals surface area (Å²) >= 11 is 6.61. The third-order valence-corrected chi connectivity index (χ3v) is 9.00. The van der Waals surface area contributed by atoms with Crippen LogP contribution >= 0.6 is 11.6 Å². The number of rotatable bonds is 4. The summed E-state index contributed by atoms with van der Waals surface area (Å²) in [6.45, 7) is 11.3. The topological polar surface area (TPSA) is 82.0 Å². The van der Waals surface area contributed by atoms with Crippen molar-refractivity contribution in [1.82, 2.24) is 14.9 Å². The van der Waals surface area contributed by atoms with E-state index in [0.29, 0.717) is 43.5 Å². The van der Waals surface area contributed by atoms with Gasteiger partial charge in [-0.15, -0.1) is 0 Å². The first-order valence-corrected chi connectivity index (χ1v) is 14.2. The lowest BCUT2D eigenvalue weighted by atomic mass is 9.73. The molecule has 0 saturated carbocycles. The molecule has 3 fully saturated rings. The third kappa shape index (κ3) is 4.67. The number of phenolic OH excluding ortho intramolecular Hbond substituents is 1. The van der Waals surface area contributed by atoms with E-state index >= 15 is 4.39 Å². The van der Waals surface area contributed by atoms with Gasteiger partial charge in [0.05, 0.1) is 10.6 Å². The van der Waals surface area contributed by atoms with Gasteiger partial charge >= 0.3 is 0 Å². The number of fused-ring (bicyclic) bond motifs is 1. The number of hydrogen-bond acceptors (Lipinski definition) is 7. The highest BCUT2D eigenvalue weighted by Gasteiger charge is 2.45. The Balaban J connectivity index is 1.49. The summed E-state index contributed by atoms with van der Waals surface area (Å²) in [5.41, 5.74) is -0.456. The Kier molecular flexibility index (Phi) is 7.02. The Bertz CT molecular complexity index is 1520. The van der Waals surface area contributed by atoms with Crippen LogP contribution in [0.15, 0.2) is 36.9 Å². The van der Waals surface area contributed by atoms with Gasteiger partial charge < -0.3 is 24.5 Å². The van der Waals surface area contributed by atoms with E-state index in [4.69, 9.17) is 21.3 Å². The molecule has 0 aliphatic carbocycles. The number of anilines is 2. The molecule has 0 bridgehead atoms. The first-order chi connectivity index (χ1) is 19.6. The molecule has 1 spiro atoms. The Morgan fingerprint density at radius 1 is 1.15 bits per heavy atom. The van der Waals surface area contributed by atoms with Crippen molar-refractivity contribution in [2.24, 2.45) is 5.41 Å². The predicted octanol–water partition coefficient (Wildman–Crippen LogP) is 5.16.